The summed E-state index contributed by atoms with van der Waals surface area (Å²) in [4.78, 5) is 27.4. The van der Waals surface area contributed by atoms with Crippen molar-refractivity contribution in [3.63, 3.8) is 0 Å². The Kier molecular flexibility index (Phi) is 6.59. The summed E-state index contributed by atoms with van der Waals surface area (Å²) in [5.74, 6) is 0.124. The Morgan fingerprint density at radius 3 is 2.59 bits per heavy atom. The van der Waals surface area contributed by atoms with Gasteiger partial charge in [0.05, 0.1) is 18.1 Å². The Balaban J connectivity index is 1.40. The highest BCUT2D eigenvalue weighted by Gasteiger charge is 2.55. The summed E-state index contributed by atoms with van der Waals surface area (Å²) in [7, 11) is 0. The number of aliphatic carboxylic acids is 1. The van der Waals surface area contributed by atoms with E-state index in [1.54, 1.807) is 0 Å². The number of hydrogen-bond donors (Lipinski definition) is 1. The number of rotatable bonds is 5. The van der Waals surface area contributed by atoms with Crippen LogP contribution in [0.2, 0.25) is 0 Å². The number of ether oxygens (including phenoxy) is 2. The molecule has 3 heterocycles. The van der Waals surface area contributed by atoms with Crippen LogP contribution in [-0.4, -0.2) is 47.2 Å². The molecule has 2 aromatic rings. The molecule has 0 aromatic heterocycles. The molecule has 1 N–H and O–H groups in total. The lowest BCUT2D eigenvalue weighted by Gasteiger charge is -2.56. The Labute approximate surface area is 220 Å². The minimum Gasteiger partial charge on any atom is -0.487 e. The van der Waals surface area contributed by atoms with E-state index in [1.165, 1.54) is 5.56 Å². The maximum Gasteiger partial charge on any atom is 0.303 e. The maximum atomic E-state index is 13.9. The summed E-state index contributed by atoms with van der Waals surface area (Å²) in [6.07, 6.45) is 3.09. The van der Waals surface area contributed by atoms with Crippen LogP contribution in [0.3, 0.4) is 0 Å². The predicted octanol–water partition coefficient (Wildman–Crippen LogP) is 5.68. The topological polar surface area (TPSA) is 76.1 Å². The molecule has 37 heavy (non-hydrogen) atoms. The first-order valence-electron chi connectivity index (χ1n) is 13.5. The molecule has 4 atom stereocenters. The summed E-state index contributed by atoms with van der Waals surface area (Å²) in [6.45, 7) is 10.1. The lowest BCUT2D eigenvalue weighted by atomic mass is 9.63. The van der Waals surface area contributed by atoms with Crippen LogP contribution in [0.5, 0.6) is 5.75 Å². The Bertz CT molecular complexity index is 1170. The van der Waals surface area contributed by atoms with Gasteiger partial charge in [-0.05, 0) is 65.0 Å². The lowest BCUT2D eigenvalue weighted by molar-refractivity contribution is -0.186. The van der Waals surface area contributed by atoms with Crippen molar-refractivity contribution in [2.75, 3.05) is 19.7 Å². The van der Waals surface area contributed by atoms with Crippen LogP contribution >= 0.6 is 0 Å². The highest BCUT2D eigenvalue weighted by Crippen LogP contribution is 2.56. The molecule has 0 unspecified atom stereocenters. The number of fused-ring (bicyclic) bond motifs is 3. The summed E-state index contributed by atoms with van der Waals surface area (Å²) < 4.78 is 13.2. The zero-order chi connectivity index (χ0) is 26.4. The number of nitrogens with zero attached hydrogens (tertiary/aromatic N) is 1. The molecule has 1 spiro atoms. The minimum absolute atomic E-state index is 0.00987. The molecule has 2 fully saturated rings. The van der Waals surface area contributed by atoms with Crippen molar-refractivity contribution in [1.29, 1.82) is 0 Å². The van der Waals surface area contributed by atoms with Crippen molar-refractivity contribution in [3.05, 3.63) is 65.2 Å². The third-order valence-corrected chi connectivity index (χ3v) is 9.03. The second kappa shape index (κ2) is 9.46. The third-order valence-electron chi connectivity index (χ3n) is 9.03. The second-order valence-electron chi connectivity index (χ2n) is 12.2. The molecule has 2 aromatic carbocycles. The van der Waals surface area contributed by atoms with Crippen LogP contribution in [0.1, 0.15) is 75.7 Å². The number of amides is 1. The number of carboxylic acids is 1. The van der Waals surface area contributed by atoms with Crippen molar-refractivity contribution >= 4 is 11.9 Å². The van der Waals surface area contributed by atoms with Gasteiger partial charge in [-0.15, -0.1) is 0 Å². The monoisotopic (exact) mass is 505 g/mol. The SMILES string of the molecule is Cc1ccc(C(C)(C)C(=O)N2CCC[C@]3(CO[C@H]4c5ccccc5O[C@](C)(CCC(=O)O)[C@@H]4C3)C2)cc1. The Morgan fingerprint density at radius 2 is 1.86 bits per heavy atom. The first kappa shape index (κ1) is 25.8. The van der Waals surface area contributed by atoms with Gasteiger partial charge in [0.25, 0.3) is 0 Å². The van der Waals surface area contributed by atoms with Gasteiger partial charge in [-0.3, -0.25) is 9.59 Å². The molecule has 5 rings (SSSR count). The van der Waals surface area contributed by atoms with Gasteiger partial charge in [-0.25, -0.2) is 0 Å². The number of aryl methyl sites for hydroxylation is 1. The molecular formula is C31H39NO5. The van der Waals surface area contributed by atoms with Crippen LogP contribution in [0.15, 0.2) is 48.5 Å². The number of carboxylic acid groups (broad SMARTS) is 1. The predicted molar refractivity (Wildman–Crippen MR) is 142 cm³/mol. The first-order chi connectivity index (χ1) is 17.5. The molecule has 0 aliphatic carbocycles. The molecule has 6 heteroatoms. The zero-order valence-corrected chi connectivity index (χ0v) is 22.5. The van der Waals surface area contributed by atoms with Crippen LogP contribution in [0, 0.1) is 18.3 Å². The number of benzene rings is 2. The third kappa shape index (κ3) is 4.76. The maximum absolute atomic E-state index is 13.9. The highest BCUT2D eigenvalue weighted by atomic mass is 16.5. The number of carbonyl (C=O) groups excluding carboxylic acids is 1. The summed E-state index contributed by atoms with van der Waals surface area (Å²) >= 11 is 0. The van der Waals surface area contributed by atoms with Crippen LogP contribution < -0.4 is 4.74 Å². The number of para-hydroxylation sites is 1. The van der Waals surface area contributed by atoms with Gasteiger partial charge in [0.2, 0.25) is 5.91 Å². The van der Waals surface area contributed by atoms with Gasteiger partial charge in [0.1, 0.15) is 11.4 Å². The Morgan fingerprint density at radius 1 is 1.14 bits per heavy atom. The molecular weight excluding hydrogens is 466 g/mol. The number of likely N-dealkylation sites (tertiary alicyclic amines) is 1. The van der Waals surface area contributed by atoms with Crippen LogP contribution in [-0.2, 0) is 19.7 Å². The summed E-state index contributed by atoms with van der Waals surface area (Å²) in [5.41, 5.74) is 1.81. The second-order valence-corrected chi connectivity index (χ2v) is 12.2. The first-order valence-corrected chi connectivity index (χ1v) is 13.5. The number of piperidine rings is 1. The Hall–Kier alpha value is -2.86. The van der Waals surface area contributed by atoms with Gasteiger partial charge < -0.3 is 19.5 Å². The number of hydrogen-bond acceptors (Lipinski definition) is 4. The average Bonchev–Trinajstić information content (AvgIpc) is 2.88. The quantitative estimate of drug-likeness (QED) is 0.566. The van der Waals surface area contributed by atoms with E-state index in [4.69, 9.17) is 9.47 Å². The van der Waals surface area contributed by atoms with E-state index in [2.05, 4.69) is 37.3 Å². The van der Waals surface area contributed by atoms with Gasteiger partial charge in [-0.1, -0.05) is 48.0 Å². The fourth-order valence-corrected chi connectivity index (χ4v) is 6.74. The molecule has 0 radical (unpaired) electrons. The smallest absolute Gasteiger partial charge is 0.303 e. The van der Waals surface area contributed by atoms with Gasteiger partial charge in [0, 0.05) is 36.4 Å². The molecule has 198 valence electrons. The van der Waals surface area contributed by atoms with Crippen molar-refractivity contribution in [3.8, 4) is 5.75 Å². The fourth-order valence-electron chi connectivity index (χ4n) is 6.74. The highest BCUT2D eigenvalue weighted by molar-refractivity contribution is 5.87. The van der Waals surface area contributed by atoms with E-state index in [9.17, 15) is 14.7 Å². The van der Waals surface area contributed by atoms with E-state index in [0.717, 1.165) is 42.7 Å². The van der Waals surface area contributed by atoms with Gasteiger partial charge >= 0.3 is 5.97 Å². The van der Waals surface area contributed by atoms with E-state index in [0.29, 0.717) is 19.6 Å². The molecule has 3 aliphatic heterocycles. The van der Waals surface area contributed by atoms with E-state index < -0.39 is 17.0 Å². The molecule has 0 saturated carbocycles. The number of carbonyl (C=O) groups is 2. The zero-order valence-electron chi connectivity index (χ0n) is 22.5. The van der Waals surface area contributed by atoms with Gasteiger partial charge in [0.15, 0.2) is 0 Å². The average molecular weight is 506 g/mol. The normalized spacial score (nSPS) is 29.2. The van der Waals surface area contributed by atoms with Crippen LogP contribution in [0.4, 0.5) is 0 Å². The van der Waals surface area contributed by atoms with E-state index >= 15 is 0 Å². The van der Waals surface area contributed by atoms with E-state index in [-0.39, 0.29) is 29.8 Å². The molecule has 0 bridgehead atoms. The lowest BCUT2D eigenvalue weighted by Crippen LogP contribution is -2.58. The standard InChI is InChI=1S/C31H39NO5/c1-21-10-12-22(13-11-21)29(2,3)28(35)32-17-7-15-31(19-32)18-24-27(36-20-31)23-8-5-6-9-25(23)37-30(24,4)16-14-26(33)34/h5-6,8-13,24,27H,7,14-20H2,1-4H3,(H,33,34)/t24-,27+,30-,31-/m1/s1. The van der Waals surface area contributed by atoms with Crippen molar-refractivity contribution in [2.45, 2.75) is 76.9 Å². The van der Waals surface area contributed by atoms with Crippen molar-refractivity contribution in [1.82, 2.24) is 4.90 Å². The molecule has 1 amide bonds. The van der Waals surface area contributed by atoms with Crippen LogP contribution in [0.25, 0.3) is 0 Å². The van der Waals surface area contributed by atoms with Crippen molar-refractivity contribution < 1.29 is 24.2 Å². The fraction of sp³-hybridized carbons (Fsp3) is 0.548. The largest absolute Gasteiger partial charge is 0.487 e. The van der Waals surface area contributed by atoms with E-state index in [1.807, 2.05) is 43.9 Å². The minimum atomic E-state index is -0.820. The van der Waals surface area contributed by atoms with Gasteiger partial charge in [-0.2, -0.15) is 0 Å². The molecule has 6 nitrogen and oxygen atoms in total. The summed E-state index contributed by atoms with van der Waals surface area (Å²) in [5, 5.41) is 9.44. The molecule has 3 aliphatic rings. The summed E-state index contributed by atoms with van der Waals surface area (Å²) in [6, 6.07) is 16.2. The molecule has 2 saturated heterocycles. The van der Waals surface area contributed by atoms with Crippen molar-refractivity contribution in [2.24, 2.45) is 11.3 Å².